The highest BCUT2D eigenvalue weighted by Gasteiger charge is 2.26. The van der Waals surface area contributed by atoms with Crippen LogP contribution in [0.25, 0.3) is 0 Å². The number of aromatic nitrogens is 1. The van der Waals surface area contributed by atoms with Crippen LogP contribution in [0, 0.1) is 5.92 Å². The van der Waals surface area contributed by atoms with Gasteiger partial charge >= 0.3 is 12.0 Å². The Morgan fingerprint density at radius 3 is 2.68 bits per heavy atom. The molecule has 0 spiro atoms. The van der Waals surface area contributed by atoms with Gasteiger partial charge in [-0.05, 0) is 12.8 Å². The Morgan fingerprint density at radius 1 is 1.45 bits per heavy atom. The molecule has 0 saturated heterocycles. The lowest BCUT2D eigenvalue weighted by atomic mass is 10.1. The monoisotopic (exact) mass is 345 g/mol. The van der Waals surface area contributed by atoms with E-state index in [0.29, 0.717) is 16.6 Å². The zero-order valence-corrected chi connectivity index (χ0v) is 14.3. The van der Waals surface area contributed by atoms with Crippen LogP contribution in [0.5, 0.6) is 0 Å². The average molecular weight is 345 g/mol. The summed E-state index contributed by atoms with van der Waals surface area (Å²) in [6, 6.07) is -0.876. The number of ether oxygens (including phenoxy) is 1. The third-order valence-electron chi connectivity index (χ3n) is 2.50. The molecule has 0 radical (unpaired) electrons. The molecule has 0 unspecified atom stereocenters. The van der Waals surface area contributed by atoms with Gasteiger partial charge in [-0.1, -0.05) is 25.6 Å². The number of nitrogens with zero attached hydrogens (tertiary/aromatic N) is 1. The van der Waals surface area contributed by atoms with Crippen molar-refractivity contribution in [3.63, 3.8) is 0 Å². The molecule has 122 valence electrons. The largest absolute Gasteiger partial charge is 0.466 e. The van der Waals surface area contributed by atoms with Crippen molar-refractivity contribution in [2.45, 2.75) is 36.8 Å². The third-order valence-corrected chi connectivity index (χ3v) is 5.07. The van der Waals surface area contributed by atoms with Crippen molar-refractivity contribution in [2.75, 3.05) is 6.61 Å². The quantitative estimate of drug-likeness (QED) is 0.573. The second kappa shape index (κ2) is 8.74. The minimum atomic E-state index is -0.876. The fraction of sp³-hybridized carbons (Fsp3) is 0.538. The van der Waals surface area contributed by atoms with Gasteiger partial charge in [0.05, 0.1) is 24.0 Å². The predicted molar refractivity (Wildman–Crippen MR) is 84.7 cm³/mol. The maximum atomic E-state index is 11.9. The number of carbonyl (C=O) groups is 3. The number of nitrogens with one attached hydrogen (secondary N) is 1. The zero-order valence-electron chi connectivity index (χ0n) is 12.6. The molecule has 1 aromatic rings. The Hall–Kier alpha value is -1.61. The van der Waals surface area contributed by atoms with Gasteiger partial charge in [0.15, 0.2) is 4.34 Å². The van der Waals surface area contributed by atoms with Gasteiger partial charge in [-0.25, -0.2) is 9.78 Å². The van der Waals surface area contributed by atoms with E-state index in [1.165, 1.54) is 23.1 Å². The second-order valence-corrected chi connectivity index (χ2v) is 6.97. The number of thiazole rings is 1. The lowest BCUT2D eigenvalue weighted by Gasteiger charge is -2.17. The van der Waals surface area contributed by atoms with Gasteiger partial charge in [-0.3, -0.25) is 14.9 Å². The molecule has 0 aromatic carbocycles. The molecule has 0 fully saturated rings. The number of amides is 3. The van der Waals surface area contributed by atoms with Crippen molar-refractivity contribution in [1.29, 1.82) is 0 Å². The Kier molecular flexibility index (Phi) is 7.33. The molecule has 0 bridgehead atoms. The van der Waals surface area contributed by atoms with E-state index >= 15 is 0 Å². The van der Waals surface area contributed by atoms with Crippen LogP contribution in [0.2, 0.25) is 0 Å². The van der Waals surface area contributed by atoms with E-state index in [9.17, 15) is 14.4 Å². The average Bonchev–Trinajstić information content (AvgIpc) is 2.82. The van der Waals surface area contributed by atoms with Gasteiger partial charge in [0.25, 0.3) is 0 Å². The van der Waals surface area contributed by atoms with Gasteiger partial charge < -0.3 is 10.5 Å². The highest BCUT2D eigenvalue weighted by Crippen LogP contribution is 2.31. The molecule has 7 nitrogen and oxygen atoms in total. The molecule has 1 rings (SSSR count). The van der Waals surface area contributed by atoms with Crippen LogP contribution in [0.4, 0.5) is 4.79 Å². The van der Waals surface area contributed by atoms with Crippen molar-refractivity contribution in [3.05, 3.63) is 11.1 Å². The van der Waals surface area contributed by atoms with Crippen LogP contribution < -0.4 is 11.1 Å². The highest BCUT2D eigenvalue weighted by atomic mass is 32.2. The van der Waals surface area contributed by atoms with Crippen molar-refractivity contribution in [2.24, 2.45) is 11.7 Å². The standard InChI is InChI=1S/C13H19N3O4S2/c1-4-20-9(17)5-8-6-21-13(15-8)22-10(7(2)3)11(18)16-12(14)19/h6-7,10H,4-5H2,1-3H3,(H3,14,16,18,19)/t10-/m0/s1. The summed E-state index contributed by atoms with van der Waals surface area (Å²) in [5.74, 6) is -0.798. The van der Waals surface area contributed by atoms with Crippen LogP contribution in [-0.4, -0.2) is 34.7 Å². The SMILES string of the molecule is CCOC(=O)Cc1csc(S[C@H](C(=O)NC(N)=O)C(C)C)n1. The van der Waals surface area contributed by atoms with E-state index in [0.717, 1.165) is 0 Å². The fourth-order valence-corrected chi connectivity index (χ4v) is 3.62. The number of rotatable bonds is 7. The molecule has 9 heteroatoms. The number of nitrogens with two attached hydrogens (primary N) is 1. The van der Waals surface area contributed by atoms with Gasteiger partial charge in [0.2, 0.25) is 5.91 Å². The zero-order chi connectivity index (χ0) is 16.7. The van der Waals surface area contributed by atoms with E-state index < -0.39 is 17.2 Å². The van der Waals surface area contributed by atoms with E-state index in [1.54, 1.807) is 12.3 Å². The molecular weight excluding hydrogens is 326 g/mol. The summed E-state index contributed by atoms with van der Waals surface area (Å²) < 4.78 is 5.51. The second-order valence-electron chi connectivity index (χ2n) is 4.72. The van der Waals surface area contributed by atoms with E-state index in [1.807, 2.05) is 13.8 Å². The third kappa shape index (κ3) is 6.02. The minimum Gasteiger partial charge on any atom is -0.466 e. The van der Waals surface area contributed by atoms with Crippen LogP contribution in [0.3, 0.4) is 0 Å². The predicted octanol–water partition coefficient (Wildman–Crippen LogP) is 1.56. The molecular formula is C13H19N3O4S2. The molecule has 1 atom stereocenters. The number of imide groups is 1. The summed E-state index contributed by atoms with van der Waals surface area (Å²) in [5.41, 5.74) is 5.57. The van der Waals surface area contributed by atoms with Crippen molar-refractivity contribution < 1.29 is 19.1 Å². The number of thioether (sulfide) groups is 1. The van der Waals surface area contributed by atoms with E-state index in [-0.39, 0.29) is 18.3 Å². The number of primary amides is 1. The molecule has 22 heavy (non-hydrogen) atoms. The Bertz CT molecular complexity index is 545. The van der Waals surface area contributed by atoms with Gasteiger partial charge in [-0.2, -0.15) is 0 Å². The molecule has 0 aliphatic rings. The van der Waals surface area contributed by atoms with Crippen molar-refractivity contribution >= 4 is 41.0 Å². The summed E-state index contributed by atoms with van der Waals surface area (Å²) in [7, 11) is 0. The van der Waals surface area contributed by atoms with Crippen LogP contribution >= 0.6 is 23.1 Å². The van der Waals surface area contributed by atoms with Gasteiger partial charge in [-0.15, -0.1) is 11.3 Å². The van der Waals surface area contributed by atoms with Crippen molar-refractivity contribution in [3.8, 4) is 0 Å². The number of hydrogen-bond donors (Lipinski definition) is 2. The first-order valence-corrected chi connectivity index (χ1v) is 8.46. The Labute approximate surface area is 137 Å². The maximum absolute atomic E-state index is 11.9. The van der Waals surface area contributed by atoms with E-state index in [2.05, 4.69) is 10.3 Å². The lowest BCUT2D eigenvalue weighted by molar-refractivity contribution is -0.142. The molecule has 1 aromatic heterocycles. The van der Waals surface area contributed by atoms with Gasteiger partial charge in [0, 0.05) is 5.38 Å². The summed E-state index contributed by atoms with van der Waals surface area (Å²) in [4.78, 5) is 38.4. The summed E-state index contributed by atoms with van der Waals surface area (Å²) in [6.45, 7) is 5.80. The number of urea groups is 1. The normalized spacial score (nSPS) is 12.0. The summed E-state index contributed by atoms with van der Waals surface area (Å²) in [6.07, 6.45) is 0.102. The van der Waals surface area contributed by atoms with E-state index in [4.69, 9.17) is 10.5 Å². The fourth-order valence-electron chi connectivity index (χ4n) is 1.58. The number of carbonyl (C=O) groups excluding carboxylic acids is 3. The molecule has 0 saturated carbocycles. The first kappa shape index (κ1) is 18.4. The molecule has 3 amide bonds. The van der Waals surface area contributed by atoms with Gasteiger partial charge in [0.1, 0.15) is 0 Å². The lowest BCUT2D eigenvalue weighted by Crippen LogP contribution is -2.42. The van der Waals surface area contributed by atoms with Crippen molar-refractivity contribution in [1.82, 2.24) is 10.3 Å². The minimum absolute atomic E-state index is 0.0123. The Morgan fingerprint density at radius 2 is 2.14 bits per heavy atom. The molecule has 0 aliphatic carbocycles. The van der Waals surface area contributed by atoms with Crippen LogP contribution in [0.1, 0.15) is 26.5 Å². The number of esters is 1. The Balaban J connectivity index is 2.70. The summed E-state index contributed by atoms with van der Waals surface area (Å²) >= 11 is 2.58. The molecule has 1 heterocycles. The van der Waals surface area contributed by atoms with Crippen LogP contribution in [0.15, 0.2) is 9.72 Å². The summed E-state index contributed by atoms with van der Waals surface area (Å²) in [5, 5.41) is 3.34. The topological polar surface area (TPSA) is 111 Å². The smallest absolute Gasteiger partial charge is 0.318 e. The molecule has 3 N–H and O–H groups in total. The highest BCUT2D eigenvalue weighted by molar-refractivity contribution is 8.02. The van der Waals surface area contributed by atoms with Crippen LogP contribution in [-0.2, 0) is 20.7 Å². The maximum Gasteiger partial charge on any atom is 0.318 e. The first-order chi connectivity index (χ1) is 10.3. The number of hydrogen-bond acceptors (Lipinski definition) is 7. The first-order valence-electron chi connectivity index (χ1n) is 6.70. The molecule has 0 aliphatic heterocycles.